The molecule has 2 N–H and O–H groups in total. The number of urea groups is 1. The van der Waals surface area contributed by atoms with Crippen LogP contribution in [0.25, 0.3) is 0 Å². The van der Waals surface area contributed by atoms with Crippen LogP contribution in [0.15, 0.2) is 54.6 Å². The van der Waals surface area contributed by atoms with E-state index >= 15 is 0 Å². The number of hydrogen-bond acceptors (Lipinski definition) is 4. The van der Waals surface area contributed by atoms with Crippen LogP contribution in [0.1, 0.15) is 18.0 Å². The Morgan fingerprint density at radius 3 is 2.48 bits per heavy atom. The van der Waals surface area contributed by atoms with Crippen molar-refractivity contribution in [3.63, 3.8) is 0 Å². The molecule has 2 aliphatic rings. The van der Waals surface area contributed by atoms with Crippen molar-refractivity contribution in [1.82, 2.24) is 10.2 Å². The average molecular weight is 394 g/mol. The van der Waals surface area contributed by atoms with E-state index in [1.807, 2.05) is 30.3 Å². The van der Waals surface area contributed by atoms with Crippen molar-refractivity contribution in [2.75, 3.05) is 36.5 Å². The quantitative estimate of drug-likeness (QED) is 0.838. The second-order valence-corrected chi connectivity index (χ2v) is 6.92. The first-order valence-corrected chi connectivity index (χ1v) is 9.55. The molecule has 29 heavy (non-hydrogen) atoms. The molecule has 2 fully saturated rings. The zero-order valence-electron chi connectivity index (χ0n) is 15.8. The van der Waals surface area contributed by atoms with Gasteiger partial charge >= 0.3 is 12.1 Å². The molecular weight excluding hydrogens is 372 g/mol. The van der Waals surface area contributed by atoms with Gasteiger partial charge in [0.15, 0.2) is 0 Å². The Bertz CT molecular complexity index is 901. The minimum Gasteiger partial charge on any atom is -0.447 e. The van der Waals surface area contributed by atoms with Gasteiger partial charge in [-0.2, -0.15) is 0 Å². The number of benzene rings is 2. The Hall–Kier alpha value is -3.55. The topological polar surface area (TPSA) is 91.0 Å². The van der Waals surface area contributed by atoms with Crippen molar-refractivity contribution in [2.45, 2.75) is 12.5 Å². The van der Waals surface area contributed by atoms with E-state index in [1.165, 1.54) is 0 Å². The van der Waals surface area contributed by atoms with Crippen LogP contribution in [-0.2, 0) is 9.53 Å². The maximum absolute atomic E-state index is 13.0. The molecular formula is C21H22N4O4. The standard InChI is InChI=1S/C21H22N4O4/c26-19-14-18(15-4-2-1-3-5-15)25(11-10-22-19)20(27)23-16-6-8-17(9-7-16)24-12-13-29-21(24)28/h1-9,18H,10-14H2,(H,22,26)(H,23,27)/t18-/m1/s1. The summed E-state index contributed by atoms with van der Waals surface area (Å²) >= 11 is 0. The van der Waals surface area contributed by atoms with Crippen molar-refractivity contribution in [2.24, 2.45) is 0 Å². The van der Waals surface area contributed by atoms with Gasteiger partial charge < -0.3 is 20.3 Å². The molecule has 2 aromatic carbocycles. The zero-order valence-corrected chi connectivity index (χ0v) is 15.8. The minimum atomic E-state index is -0.366. The number of rotatable bonds is 3. The highest BCUT2D eigenvalue weighted by molar-refractivity contribution is 5.92. The van der Waals surface area contributed by atoms with Crippen molar-refractivity contribution >= 4 is 29.4 Å². The van der Waals surface area contributed by atoms with Gasteiger partial charge in [0.2, 0.25) is 5.91 Å². The number of anilines is 2. The first kappa shape index (κ1) is 18.8. The fraction of sp³-hybridized carbons (Fsp3) is 0.286. The van der Waals surface area contributed by atoms with Gasteiger partial charge in [-0.05, 0) is 29.8 Å². The summed E-state index contributed by atoms with van der Waals surface area (Å²) in [4.78, 5) is 40.0. The molecule has 4 rings (SSSR count). The number of hydrogen-bond donors (Lipinski definition) is 2. The summed E-state index contributed by atoms with van der Waals surface area (Å²) in [6, 6.07) is 16.0. The number of cyclic esters (lactones) is 1. The lowest BCUT2D eigenvalue weighted by molar-refractivity contribution is -0.121. The van der Waals surface area contributed by atoms with Crippen LogP contribution in [-0.4, -0.2) is 49.2 Å². The van der Waals surface area contributed by atoms with Crippen LogP contribution in [0.5, 0.6) is 0 Å². The Balaban J connectivity index is 1.49. The van der Waals surface area contributed by atoms with Gasteiger partial charge in [-0.25, -0.2) is 9.59 Å². The molecule has 0 aromatic heterocycles. The van der Waals surface area contributed by atoms with Crippen molar-refractivity contribution < 1.29 is 19.1 Å². The van der Waals surface area contributed by atoms with Crippen LogP contribution < -0.4 is 15.5 Å². The lowest BCUT2D eigenvalue weighted by Gasteiger charge is -2.29. The molecule has 150 valence electrons. The predicted octanol–water partition coefficient (Wildman–Crippen LogP) is 2.74. The molecule has 8 heteroatoms. The first-order valence-electron chi connectivity index (χ1n) is 9.55. The second-order valence-electron chi connectivity index (χ2n) is 6.92. The van der Waals surface area contributed by atoms with Crippen LogP contribution >= 0.6 is 0 Å². The molecule has 8 nitrogen and oxygen atoms in total. The van der Waals surface area contributed by atoms with Gasteiger partial charge in [-0.1, -0.05) is 30.3 Å². The molecule has 4 amide bonds. The zero-order chi connectivity index (χ0) is 20.2. The number of carbonyl (C=O) groups excluding carboxylic acids is 3. The molecule has 2 aliphatic heterocycles. The van der Waals surface area contributed by atoms with Crippen LogP contribution in [0, 0.1) is 0 Å². The van der Waals surface area contributed by atoms with Crippen LogP contribution in [0.3, 0.4) is 0 Å². The highest BCUT2D eigenvalue weighted by Crippen LogP contribution is 2.27. The van der Waals surface area contributed by atoms with E-state index in [9.17, 15) is 14.4 Å². The fourth-order valence-corrected chi connectivity index (χ4v) is 3.59. The van der Waals surface area contributed by atoms with Crippen molar-refractivity contribution in [1.29, 1.82) is 0 Å². The number of carbonyl (C=O) groups is 3. The maximum Gasteiger partial charge on any atom is 0.414 e. The summed E-state index contributed by atoms with van der Waals surface area (Å²) in [5, 5.41) is 5.72. The lowest BCUT2D eigenvalue weighted by atomic mass is 10.0. The number of ether oxygens (including phenoxy) is 1. The molecule has 0 radical (unpaired) electrons. The molecule has 0 bridgehead atoms. The van der Waals surface area contributed by atoms with E-state index in [0.29, 0.717) is 31.9 Å². The van der Waals surface area contributed by atoms with Crippen LogP contribution in [0.4, 0.5) is 21.0 Å². The third kappa shape index (κ3) is 4.16. The Morgan fingerprint density at radius 2 is 1.79 bits per heavy atom. The smallest absolute Gasteiger partial charge is 0.414 e. The molecule has 2 saturated heterocycles. The number of nitrogens with zero attached hydrogens (tertiary/aromatic N) is 2. The summed E-state index contributed by atoms with van der Waals surface area (Å²) in [5.74, 6) is -0.0731. The molecule has 0 spiro atoms. The van der Waals surface area contributed by atoms with Gasteiger partial charge in [0.1, 0.15) is 6.61 Å². The summed E-state index contributed by atoms with van der Waals surface area (Å²) in [5.41, 5.74) is 2.25. The molecule has 1 atom stereocenters. The van der Waals surface area contributed by atoms with E-state index in [0.717, 1.165) is 11.3 Å². The summed E-state index contributed by atoms with van der Waals surface area (Å²) in [7, 11) is 0. The highest BCUT2D eigenvalue weighted by Gasteiger charge is 2.30. The average Bonchev–Trinajstić information content (AvgIpc) is 3.06. The van der Waals surface area contributed by atoms with Crippen molar-refractivity contribution in [3.05, 3.63) is 60.2 Å². The van der Waals surface area contributed by atoms with E-state index < -0.39 is 0 Å². The summed E-state index contributed by atoms with van der Waals surface area (Å²) in [6.07, 6.45) is -0.151. The van der Waals surface area contributed by atoms with Gasteiger partial charge in [0.05, 0.1) is 19.0 Å². The van der Waals surface area contributed by atoms with Gasteiger partial charge in [0.25, 0.3) is 0 Å². The molecule has 0 unspecified atom stereocenters. The minimum absolute atomic E-state index is 0.0731. The predicted molar refractivity (Wildman–Crippen MR) is 108 cm³/mol. The van der Waals surface area contributed by atoms with E-state index in [1.54, 1.807) is 34.1 Å². The largest absolute Gasteiger partial charge is 0.447 e. The monoisotopic (exact) mass is 394 g/mol. The summed E-state index contributed by atoms with van der Waals surface area (Å²) in [6.45, 7) is 1.71. The molecule has 2 aromatic rings. The second kappa shape index (κ2) is 8.22. The van der Waals surface area contributed by atoms with E-state index in [4.69, 9.17) is 4.74 Å². The third-order valence-corrected chi connectivity index (χ3v) is 5.07. The number of nitrogens with one attached hydrogen (secondary N) is 2. The Labute approximate surface area is 168 Å². The third-order valence-electron chi connectivity index (χ3n) is 5.07. The fourth-order valence-electron chi connectivity index (χ4n) is 3.59. The normalized spacial score (nSPS) is 19.4. The van der Waals surface area contributed by atoms with Crippen molar-refractivity contribution in [3.8, 4) is 0 Å². The molecule has 2 heterocycles. The first-order chi connectivity index (χ1) is 14.1. The number of amides is 4. The van der Waals surface area contributed by atoms with E-state index in [-0.39, 0.29) is 30.5 Å². The Kier molecular flexibility index (Phi) is 5.33. The van der Waals surface area contributed by atoms with Gasteiger partial charge in [-0.15, -0.1) is 0 Å². The maximum atomic E-state index is 13.0. The van der Waals surface area contributed by atoms with Gasteiger partial charge in [-0.3, -0.25) is 9.69 Å². The summed E-state index contributed by atoms with van der Waals surface area (Å²) < 4.78 is 4.95. The highest BCUT2D eigenvalue weighted by atomic mass is 16.6. The SMILES string of the molecule is O=C1C[C@H](c2ccccc2)N(C(=O)Nc2ccc(N3CCOC3=O)cc2)CCN1. The lowest BCUT2D eigenvalue weighted by Crippen LogP contribution is -2.39. The van der Waals surface area contributed by atoms with E-state index in [2.05, 4.69) is 10.6 Å². The van der Waals surface area contributed by atoms with Crippen LogP contribution in [0.2, 0.25) is 0 Å². The van der Waals surface area contributed by atoms with Gasteiger partial charge in [0, 0.05) is 24.5 Å². The molecule has 0 aliphatic carbocycles. The Morgan fingerprint density at radius 1 is 1.03 bits per heavy atom. The molecule has 0 saturated carbocycles.